The Kier molecular flexibility index (Phi) is 4.96. The van der Waals surface area contributed by atoms with Crippen LogP contribution in [0.15, 0.2) is 42.0 Å². The van der Waals surface area contributed by atoms with Crippen molar-refractivity contribution < 1.29 is 4.74 Å². The zero-order valence-corrected chi connectivity index (χ0v) is 18.6. The Labute approximate surface area is 187 Å². The third kappa shape index (κ3) is 2.89. The fourth-order valence-electron chi connectivity index (χ4n) is 5.52. The van der Waals surface area contributed by atoms with E-state index < -0.39 is 0 Å². The summed E-state index contributed by atoms with van der Waals surface area (Å²) in [5.41, 5.74) is 6.72. The number of H-pyrrole nitrogens is 1. The Bertz CT molecular complexity index is 1130. The number of fused-ring (bicyclic) bond motifs is 2. The molecule has 1 aromatic carbocycles. The lowest BCUT2D eigenvalue weighted by Crippen LogP contribution is -2.58. The van der Waals surface area contributed by atoms with Crippen molar-refractivity contribution in [3.8, 4) is 11.3 Å². The fourth-order valence-corrected chi connectivity index (χ4v) is 5.52. The van der Waals surface area contributed by atoms with Gasteiger partial charge in [-0.05, 0) is 31.0 Å². The van der Waals surface area contributed by atoms with Gasteiger partial charge in [-0.15, -0.1) is 12.4 Å². The monoisotopic (exact) mass is 441 g/mol. The van der Waals surface area contributed by atoms with E-state index in [4.69, 9.17) is 9.84 Å². The van der Waals surface area contributed by atoms with Gasteiger partial charge in [0.15, 0.2) is 0 Å². The van der Waals surface area contributed by atoms with Gasteiger partial charge in [0, 0.05) is 67.7 Å². The second-order valence-corrected chi connectivity index (χ2v) is 8.54. The van der Waals surface area contributed by atoms with E-state index in [1.807, 2.05) is 24.1 Å². The highest BCUT2D eigenvalue weighted by molar-refractivity contribution is 5.93. The van der Waals surface area contributed by atoms with Crippen LogP contribution in [-0.2, 0) is 17.4 Å². The molecule has 0 bridgehead atoms. The minimum Gasteiger partial charge on any atom is -0.381 e. The van der Waals surface area contributed by atoms with Crippen molar-refractivity contribution in [1.82, 2.24) is 35.5 Å². The molecule has 3 N–H and O–H groups in total. The fraction of sp³-hybridized carbons (Fsp3) is 0.455. The van der Waals surface area contributed by atoms with Crippen LogP contribution in [0.4, 0.5) is 0 Å². The minimum absolute atomic E-state index is 0. The number of rotatable bonds is 3. The third-order valence-electron chi connectivity index (χ3n) is 6.95. The van der Waals surface area contributed by atoms with Crippen LogP contribution in [0.2, 0.25) is 0 Å². The third-order valence-corrected chi connectivity index (χ3v) is 6.95. The molecule has 6 rings (SSSR count). The van der Waals surface area contributed by atoms with Crippen molar-refractivity contribution >= 4 is 23.3 Å². The maximum Gasteiger partial charge on any atom is 0.142 e. The first-order valence-corrected chi connectivity index (χ1v) is 10.7. The zero-order chi connectivity index (χ0) is 20.3. The molecule has 2 aromatic heterocycles. The maximum atomic E-state index is 5.88. The average Bonchev–Trinajstić information content (AvgIpc) is 3.55. The van der Waals surface area contributed by atoms with E-state index in [0.29, 0.717) is 5.92 Å². The van der Waals surface area contributed by atoms with E-state index in [9.17, 15) is 0 Å². The molecular weight excluding hydrogens is 414 g/mol. The van der Waals surface area contributed by atoms with Crippen molar-refractivity contribution in [2.45, 2.75) is 19.0 Å². The second kappa shape index (κ2) is 7.55. The van der Waals surface area contributed by atoms with E-state index in [2.05, 4.69) is 50.9 Å². The molecule has 2 fully saturated rings. The average molecular weight is 442 g/mol. The second-order valence-electron chi connectivity index (χ2n) is 8.54. The lowest BCUT2D eigenvalue weighted by molar-refractivity contribution is 0.0393. The molecule has 9 heteroatoms. The number of nitrogens with one attached hydrogen (secondary N) is 3. The molecule has 0 radical (unpaired) electrons. The number of halogens is 1. The zero-order valence-electron chi connectivity index (χ0n) is 17.8. The summed E-state index contributed by atoms with van der Waals surface area (Å²) >= 11 is 0. The number of aromatic amines is 1. The molecule has 0 aliphatic carbocycles. The normalized spacial score (nSPS) is 25.6. The quantitative estimate of drug-likeness (QED) is 0.578. The summed E-state index contributed by atoms with van der Waals surface area (Å²) in [6.45, 7) is 6.68. The molecule has 0 spiro atoms. The number of allylic oxidation sites excluding steroid dienone is 1. The summed E-state index contributed by atoms with van der Waals surface area (Å²) in [7, 11) is 2.00. The Balaban J connectivity index is 0.00000204. The van der Waals surface area contributed by atoms with Crippen LogP contribution in [0.5, 0.6) is 0 Å². The summed E-state index contributed by atoms with van der Waals surface area (Å²) in [6.07, 6.45) is 4.79. The van der Waals surface area contributed by atoms with Crippen molar-refractivity contribution in [2.75, 3.05) is 32.8 Å². The molecule has 31 heavy (non-hydrogen) atoms. The predicted molar refractivity (Wildman–Crippen MR) is 122 cm³/mol. The summed E-state index contributed by atoms with van der Waals surface area (Å²) in [4.78, 5) is 2.59. The number of aryl methyl sites for hydroxylation is 1. The first kappa shape index (κ1) is 20.4. The van der Waals surface area contributed by atoms with Crippen molar-refractivity contribution in [1.29, 1.82) is 0 Å². The van der Waals surface area contributed by atoms with Crippen LogP contribution in [0.25, 0.3) is 22.2 Å². The van der Waals surface area contributed by atoms with Crippen molar-refractivity contribution in [2.24, 2.45) is 13.0 Å². The Morgan fingerprint density at radius 2 is 2.19 bits per heavy atom. The van der Waals surface area contributed by atoms with Gasteiger partial charge < -0.3 is 20.3 Å². The molecular formula is C22H28ClN7O. The largest absolute Gasteiger partial charge is 0.381 e. The number of hydrogen-bond donors (Lipinski definition) is 3. The molecule has 3 aromatic rings. The topological polar surface area (TPSA) is 83.0 Å². The number of piperazine rings is 1. The number of nitrogens with zero attached hydrogens (tertiary/aromatic N) is 4. The lowest BCUT2D eigenvalue weighted by atomic mass is 9.83. The van der Waals surface area contributed by atoms with E-state index in [-0.39, 0.29) is 18.1 Å². The molecule has 2 unspecified atom stereocenters. The van der Waals surface area contributed by atoms with E-state index in [1.54, 1.807) is 0 Å². The van der Waals surface area contributed by atoms with E-state index in [0.717, 1.165) is 61.4 Å². The van der Waals surface area contributed by atoms with E-state index in [1.165, 1.54) is 17.0 Å². The predicted octanol–water partition coefficient (Wildman–Crippen LogP) is 2.31. The molecule has 8 nitrogen and oxygen atoms in total. The van der Waals surface area contributed by atoms with Gasteiger partial charge >= 0.3 is 0 Å². The highest BCUT2D eigenvalue weighted by Crippen LogP contribution is 2.46. The summed E-state index contributed by atoms with van der Waals surface area (Å²) in [5.74, 6) is 0.384. The van der Waals surface area contributed by atoms with Crippen LogP contribution < -0.4 is 10.6 Å². The van der Waals surface area contributed by atoms with Gasteiger partial charge in [-0.2, -0.15) is 10.2 Å². The van der Waals surface area contributed by atoms with Gasteiger partial charge in [-0.3, -0.25) is 9.78 Å². The molecule has 0 amide bonds. The van der Waals surface area contributed by atoms with Gasteiger partial charge in [-0.25, -0.2) is 0 Å². The molecule has 164 valence electrons. The smallest absolute Gasteiger partial charge is 0.142 e. The van der Waals surface area contributed by atoms with Crippen LogP contribution >= 0.6 is 12.4 Å². The maximum absolute atomic E-state index is 5.88. The highest BCUT2D eigenvalue weighted by Gasteiger charge is 2.52. The van der Waals surface area contributed by atoms with Crippen molar-refractivity contribution in [3.63, 3.8) is 0 Å². The van der Waals surface area contributed by atoms with Crippen LogP contribution in [-0.4, -0.2) is 57.7 Å². The first-order chi connectivity index (χ1) is 14.7. The summed E-state index contributed by atoms with van der Waals surface area (Å²) < 4.78 is 7.83. The van der Waals surface area contributed by atoms with Crippen LogP contribution in [0.3, 0.4) is 0 Å². The summed E-state index contributed by atoms with van der Waals surface area (Å²) in [5, 5.41) is 20.5. The molecule has 2 atom stereocenters. The van der Waals surface area contributed by atoms with Gasteiger partial charge in [0.2, 0.25) is 0 Å². The van der Waals surface area contributed by atoms with Gasteiger partial charge in [0.25, 0.3) is 0 Å². The first-order valence-electron chi connectivity index (χ1n) is 10.7. The molecule has 3 aliphatic rings. The van der Waals surface area contributed by atoms with Gasteiger partial charge in [0.1, 0.15) is 11.4 Å². The molecule has 2 saturated heterocycles. The SMILES string of the molecule is CC1=C2CNCCN2C(c2ccc3c(c2)c(-c2cn[nH]c2)nn3C)(C2CCOC2)N1.Cl. The van der Waals surface area contributed by atoms with Crippen molar-refractivity contribution in [3.05, 3.63) is 47.6 Å². The molecule has 0 saturated carbocycles. The number of ether oxygens (including phenoxy) is 1. The Morgan fingerprint density at radius 1 is 1.29 bits per heavy atom. The highest BCUT2D eigenvalue weighted by atomic mass is 35.5. The van der Waals surface area contributed by atoms with Crippen LogP contribution in [0, 0.1) is 5.92 Å². The van der Waals surface area contributed by atoms with Crippen LogP contribution in [0.1, 0.15) is 18.9 Å². The van der Waals surface area contributed by atoms with Gasteiger partial charge in [-0.1, -0.05) is 6.07 Å². The molecule has 5 heterocycles. The Hall–Kier alpha value is -2.55. The number of aromatic nitrogens is 4. The summed E-state index contributed by atoms with van der Waals surface area (Å²) in [6, 6.07) is 6.80. The standard InChI is InChI=1S/C22H27N7O.ClH/c1-14-20-12-23-6-7-29(20)22(26-14,17-5-8-30-13-17)16-3-4-19-18(9-16)21(27-28(19)2)15-10-24-25-11-15;/h3-4,9-11,17,23,26H,5-8,12-13H2,1-2H3,(H,24,25);1H. The van der Waals surface area contributed by atoms with Gasteiger partial charge in [0.05, 0.1) is 18.3 Å². The molecule has 3 aliphatic heterocycles. The number of benzene rings is 1. The minimum atomic E-state index is -0.282. The Morgan fingerprint density at radius 3 is 2.97 bits per heavy atom. The van der Waals surface area contributed by atoms with E-state index >= 15 is 0 Å². The number of hydrogen-bond acceptors (Lipinski definition) is 6. The lowest BCUT2D eigenvalue weighted by Gasteiger charge is -2.47.